The molecule has 1 aliphatic heterocycles. The van der Waals surface area contributed by atoms with Crippen molar-refractivity contribution in [2.75, 3.05) is 19.8 Å². The zero-order valence-electron chi connectivity index (χ0n) is 20.7. The number of nitrogens with zero attached hydrogens (tertiary/aromatic N) is 1. The summed E-state index contributed by atoms with van der Waals surface area (Å²) in [5, 5.41) is 1.72. The third kappa shape index (κ3) is 5.91. The van der Waals surface area contributed by atoms with E-state index in [1.165, 1.54) is 0 Å². The molecular weight excluding hydrogens is 486 g/mol. The molecule has 1 aromatic heterocycles. The predicted octanol–water partition coefficient (Wildman–Crippen LogP) is 7.07. The molecule has 1 fully saturated rings. The second kappa shape index (κ2) is 11.3. The van der Waals surface area contributed by atoms with E-state index in [2.05, 4.69) is 12.1 Å². The van der Waals surface area contributed by atoms with Crippen LogP contribution in [-0.2, 0) is 26.4 Å². The van der Waals surface area contributed by atoms with Crippen LogP contribution in [0.3, 0.4) is 0 Å². The van der Waals surface area contributed by atoms with Crippen molar-refractivity contribution < 1.29 is 19.0 Å². The van der Waals surface area contributed by atoms with Crippen molar-refractivity contribution in [1.29, 1.82) is 0 Å². The number of fused-ring (bicyclic) bond motifs is 1. The van der Waals surface area contributed by atoms with Crippen molar-refractivity contribution >= 4 is 40.6 Å². The number of hydrogen-bond acceptors (Lipinski definition) is 5. The maximum absolute atomic E-state index is 11.9. The molecule has 0 bridgehead atoms. The Hall–Kier alpha value is -3.51. The number of ether oxygens (including phenoxy) is 3. The van der Waals surface area contributed by atoms with Gasteiger partial charge in [-0.1, -0.05) is 60.1 Å². The minimum absolute atomic E-state index is 0.305. The smallest absolute Gasteiger partial charge is 0.338 e. The van der Waals surface area contributed by atoms with Crippen LogP contribution in [0.1, 0.15) is 46.1 Å². The second-order valence-corrected chi connectivity index (χ2v) is 9.34. The van der Waals surface area contributed by atoms with Crippen molar-refractivity contribution in [2.45, 2.75) is 25.6 Å². The molecular formula is C31H28ClNO4. The van der Waals surface area contributed by atoms with E-state index in [0.29, 0.717) is 36.8 Å². The van der Waals surface area contributed by atoms with Gasteiger partial charge < -0.3 is 14.2 Å². The molecule has 1 aliphatic rings. The molecule has 0 N–H and O–H groups in total. The van der Waals surface area contributed by atoms with Crippen molar-refractivity contribution in [3.05, 3.63) is 112 Å². The van der Waals surface area contributed by atoms with Crippen molar-refractivity contribution in [2.24, 2.45) is 0 Å². The number of carbonyl (C=O) groups is 1. The number of aromatic nitrogens is 1. The third-order valence-corrected chi connectivity index (χ3v) is 6.65. The lowest BCUT2D eigenvalue weighted by molar-refractivity contribution is -0.170. The molecule has 0 radical (unpaired) electrons. The Morgan fingerprint density at radius 1 is 1.00 bits per heavy atom. The highest BCUT2D eigenvalue weighted by Crippen LogP contribution is 2.36. The molecule has 2 heterocycles. The molecule has 0 amide bonds. The fourth-order valence-corrected chi connectivity index (χ4v) is 4.67. The van der Waals surface area contributed by atoms with Crippen LogP contribution in [0.15, 0.2) is 78.9 Å². The van der Waals surface area contributed by atoms with Gasteiger partial charge in [0.25, 0.3) is 0 Å². The molecule has 0 aliphatic carbocycles. The average molecular weight is 514 g/mol. The lowest BCUT2D eigenvalue weighted by Crippen LogP contribution is -2.28. The number of hydrogen-bond donors (Lipinski definition) is 0. The third-order valence-electron chi connectivity index (χ3n) is 6.41. The van der Waals surface area contributed by atoms with Gasteiger partial charge in [-0.25, -0.2) is 9.78 Å². The zero-order chi connectivity index (χ0) is 25.7. The fraction of sp³-hybridized carbons (Fsp3) is 0.226. The van der Waals surface area contributed by atoms with Crippen LogP contribution in [0.2, 0.25) is 5.02 Å². The quantitative estimate of drug-likeness (QED) is 0.236. The van der Waals surface area contributed by atoms with Gasteiger partial charge in [-0.15, -0.1) is 0 Å². The van der Waals surface area contributed by atoms with Crippen molar-refractivity contribution in [1.82, 2.24) is 4.98 Å². The van der Waals surface area contributed by atoms with Gasteiger partial charge in [0.15, 0.2) is 5.79 Å². The average Bonchev–Trinajstić information content (AvgIpc) is 3.41. The number of carbonyl (C=O) groups excluding carboxylic acids is 1. The molecule has 188 valence electrons. The molecule has 0 atom stereocenters. The molecule has 4 aromatic rings. The van der Waals surface area contributed by atoms with E-state index in [0.717, 1.165) is 39.7 Å². The Labute approximate surface area is 221 Å². The van der Waals surface area contributed by atoms with Gasteiger partial charge in [-0.2, -0.15) is 0 Å². The monoisotopic (exact) mass is 513 g/mol. The van der Waals surface area contributed by atoms with Gasteiger partial charge in [0.2, 0.25) is 0 Å². The number of pyridine rings is 1. The largest absolute Gasteiger partial charge is 0.462 e. The highest BCUT2D eigenvalue weighted by atomic mass is 35.5. The summed E-state index contributed by atoms with van der Waals surface area (Å²) in [6, 6.07) is 25.5. The topological polar surface area (TPSA) is 57.7 Å². The highest BCUT2D eigenvalue weighted by Gasteiger charge is 2.38. The van der Waals surface area contributed by atoms with Crippen LogP contribution in [0, 0.1) is 0 Å². The van der Waals surface area contributed by atoms with Gasteiger partial charge >= 0.3 is 5.97 Å². The summed E-state index contributed by atoms with van der Waals surface area (Å²) in [6.07, 6.45) is 5.44. The molecule has 0 unspecified atom stereocenters. The van der Waals surface area contributed by atoms with Crippen molar-refractivity contribution in [3.63, 3.8) is 0 Å². The Kier molecular flexibility index (Phi) is 7.65. The van der Waals surface area contributed by atoms with E-state index < -0.39 is 5.79 Å². The summed E-state index contributed by atoms with van der Waals surface area (Å²) < 4.78 is 17.4. The minimum atomic E-state index is -0.804. The first-order valence-corrected chi connectivity index (χ1v) is 12.8. The summed E-state index contributed by atoms with van der Waals surface area (Å²) in [4.78, 5) is 16.6. The maximum atomic E-state index is 11.9. The Morgan fingerprint density at radius 3 is 2.57 bits per heavy atom. The van der Waals surface area contributed by atoms with E-state index in [9.17, 15) is 4.79 Å². The van der Waals surface area contributed by atoms with Gasteiger partial charge in [0.05, 0.1) is 36.6 Å². The Morgan fingerprint density at radius 2 is 1.78 bits per heavy atom. The lowest BCUT2D eigenvalue weighted by Gasteiger charge is -2.28. The fourth-order valence-electron chi connectivity index (χ4n) is 4.50. The summed E-state index contributed by atoms with van der Waals surface area (Å²) in [5.41, 5.74) is 5.39. The maximum Gasteiger partial charge on any atom is 0.338 e. The molecule has 1 saturated heterocycles. The molecule has 0 saturated carbocycles. The number of rotatable bonds is 8. The van der Waals surface area contributed by atoms with Gasteiger partial charge in [0.1, 0.15) is 0 Å². The normalized spacial score (nSPS) is 14.9. The molecule has 6 heteroatoms. The summed E-state index contributed by atoms with van der Waals surface area (Å²) in [7, 11) is 0. The summed E-state index contributed by atoms with van der Waals surface area (Å²) in [6.45, 7) is 3.26. The van der Waals surface area contributed by atoms with Crippen LogP contribution < -0.4 is 0 Å². The number of benzene rings is 3. The predicted molar refractivity (Wildman–Crippen MR) is 146 cm³/mol. The Bertz CT molecular complexity index is 1430. The first-order chi connectivity index (χ1) is 18.0. The number of aryl methyl sites for hydroxylation is 1. The molecule has 5 rings (SSSR count). The van der Waals surface area contributed by atoms with E-state index in [1.807, 2.05) is 66.7 Å². The molecule has 5 nitrogen and oxygen atoms in total. The molecule has 3 aromatic carbocycles. The SMILES string of the molecule is CCOC(=O)c1ccc(CCC2(c3cccc(C=Cc4ccc5ccc(Cl)cc5n4)c3)OCCO2)cc1. The number of esters is 1. The molecule has 0 spiro atoms. The van der Waals surface area contributed by atoms with Crippen LogP contribution in [0.25, 0.3) is 23.1 Å². The van der Waals surface area contributed by atoms with Gasteiger partial charge in [0, 0.05) is 22.4 Å². The Balaban J connectivity index is 1.32. The van der Waals surface area contributed by atoms with E-state index >= 15 is 0 Å². The minimum Gasteiger partial charge on any atom is -0.462 e. The van der Waals surface area contributed by atoms with Gasteiger partial charge in [-0.05, 0) is 66.9 Å². The first-order valence-electron chi connectivity index (χ1n) is 12.4. The van der Waals surface area contributed by atoms with Gasteiger partial charge in [-0.3, -0.25) is 0 Å². The van der Waals surface area contributed by atoms with E-state index in [4.69, 9.17) is 30.8 Å². The van der Waals surface area contributed by atoms with Crippen LogP contribution in [0.4, 0.5) is 0 Å². The zero-order valence-corrected chi connectivity index (χ0v) is 21.4. The number of halogens is 1. The van der Waals surface area contributed by atoms with Crippen LogP contribution >= 0.6 is 11.6 Å². The summed E-state index contributed by atoms with van der Waals surface area (Å²) in [5.74, 6) is -1.11. The van der Waals surface area contributed by atoms with Crippen LogP contribution in [-0.4, -0.2) is 30.8 Å². The first kappa shape index (κ1) is 25.2. The highest BCUT2D eigenvalue weighted by molar-refractivity contribution is 6.31. The van der Waals surface area contributed by atoms with Crippen LogP contribution in [0.5, 0.6) is 0 Å². The standard InChI is InChI=1S/C31H28ClNO4/c1-2-35-30(34)25-9-6-22(7-10-25)16-17-31(36-18-19-37-31)26-5-3-4-23(20-26)8-14-28-15-12-24-11-13-27(32)21-29(24)33-28/h3-15,20-21H,2,16-19H2,1H3. The van der Waals surface area contributed by atoms with E-state index in [-0.39, 0.29) is 5.97 Å². The summed E-state index contributed by atoms with van der Waals surface area (Å²) >= 11 is 6.13. The lowest BCUT2D eigenvalue weighted by atomic mass is 9.95. The second-order valence-electron chi connectivity index (χ2n) is 8.90. The molecule has 37 heavy (non-hydrogen) atoms. The van der Waals surface area contributed by atoms with E-state index in [1.54, 1.807) is 19.1 Å². The van der Waals surface area contributed by atoms with Crippen molar-refractivity contribution in [3.8, 4) is 0 Å².